The van der Waals surface area contributed by atoms with E-state index in [2.05, 4.69) is 15.6 Å². The maximum absolute atomic E-state index is 12.2. The van der Waals surface area contributed by atoms with Crippen LogP contribution in [0.1, 0.15) is 27.2 Å². The molecule has 0 atom stereocenters. The molecule has 0 saturated carbocycles. The van der Waals surface area contributed by atoms with Gasteiger partial charge in [-0.3, -0.25) is 4.79 Å². The molecule has 7 heteroatoms. The summed E-state index contributed by atoms with van der Waals surface area (Å²) >= 11 is 6.46. The number of halogens is 1. The van der Waals surface area contributed by atoms with Crippen molar-refractivity contribution in [3.05, 3.63) is 76.1 Å². The number of methoxy groups -OCH3 is 1. The number of benzene rings is 2. The van der Waals surface area contributed by atoms with Gasteiger partial charge in [-0.25, -0.2) is 10.1 Å². The number of ether oxygens (including phenoxy) is 1. The van der Waals surface area contributed by atoms with E-state index in [0.29, 0.717) is 27.7 Å². The van der Waals surface area contributed by atoms with E-state index in [-0.39, 0.29) is 5.91 Å². The summed E-state index contributed by atoms with van der Waals surface area (Å²) in [5.41, 5.74) is 6.30. The molecule has 6 nitrogen and oxygen atoms in total. The minimum Gasteiger partial charge on any atom is -0.497 e. The summed E-state index contributed by atoms with van der Waals surface area (Å²) in [4.78, 5) is 12.2. The Labute approximate surface area is 162 Å². The van der Waals surface area contributed by atoms with E-state index in [9.17, 15) is 4.79 Å². The van der Waals surface area contributed by atoms with E-state index in [1.165, 1.54) is 6.21 Å². The first-order chi connectivity index (χ1) is 13.0. The Kier molecular flexibility index (Phi) is 5.57. The maximum atomic E-state index is 12.2. The monoisotopic (exact) mass is 382 g/mol. The fraction of sp³-hybridized carbons (Fsp3) is 0.150. The van der Waals surface area contributed by atoms with Crippen LogP contribution in [-0.2, 0) is 0 Å². The predicted molar refractivity (Wildman–Crippen MR) is 106 cm³/mol. The fourth-order valence-electron chi connectivity index (χ4n) is 2.50. The van der Waals surface area contributed by atoms with E-state index in [4.69, 9.17) is 16.3 Å². The smallest absolute Gasteiger partial charge is 0.271 e. The number of nitrogens with one attached hydrogen (secondary N) is 1. The normalized spacial score (nSPS) is 11.0. The van der Waals surface area contributed by atoms with Crippen molar-refractivity contribution in [1.82, 2.24) is 15.2 Å². The molecule has 1 heterocycles. The number of carbonyl (C=O) groups is 1. The maximum Gasteiger partial charge on any atom is 0.271 e. The molecule has 27 heavy (non-hydrogen) atoms. The van der Waals surface area contributed by atoms with Crippen LogP contribution in [0.25, 0.3) is 5.69 Å². The number of hydrogen-bond acceptors (Lipinski definition) is 4. The highest BCUT2D eigenvalue weighted by molar-refractivity contribution is 6.32. The first kappa shape index (κ1) is 18.7. The third kappa shape index (κ3) is 4.17. The fourth-order valence-corrected chi connectivity index (χ4v) is 2.82. The molecular weight excluding hydrogens is 364 g/mol. The van der Waals surface area contributed by atoms with Crippen molar-refractivity contribution in [1.29, 1.82) is 0 Å². The molecule has 0 spiro atoms. The van der Waals surface area contributed by atoms with E-state index in [1.807, 2.05) is 38.1 Å². The second kappa shape index (κ2) is 8.05. The lowest BCUT2D eigenvalue weighted by Gasteiger charge is -2.03. The Balaban J connectivity index is 1.77. The number of rotatable bonds is 5. The first-order valence-corrected chi connectivity index (χ1v) is 8.67. The molecule has 0 bridgehead atoms. The molecule has 0 unspecified atom stereocenters. The number of hydrazone groups is 1. The van der Waals surface area contributed by atoms with Crippen molar-refractivity contribution in [2.24, 2.45) is 5.10 Å². The molecule has 3 rings (SSSR count). The summed E-state index contributed by atoms with van der Waals surface area (Å²) in [6.07, 6.45) is 1.49. The molecule has 0 aliphatic rings. The third-order valence-electron chi connectivity index (χ3n) is 4.02. The van der Waals surface area contributed by atoms with Gasteiger partial charge in [-0.05, 0) is 44.2 Å². The second-order valence-electron chi connectivity index (χ2n) is 5.97. The van der Waals surface area contributed by atoms with Gasteiger partial charge in [-0.1, -0.05) is 35.4 Å². The van der Waals surface area contributed by atoms with Gasteiger partial charge in [-0.15, -0.1) is 0 Å². The van der Waals surface area contributed by atoms with Gasteiger partial charge in [0.15, 0.2) is 0 Å². The summed E-state index contributed by atoms with van der Waals surface area (Å²) < 4.78 is 6.76. The first-order valence-electron chi connectivity index (χ1n) is 8.29. The molecule has 138 valence electrons. The Morgan fingerprint density at radius 1 is 1.22 bits per heavy atom. The molecule has 0 aliphatic heterocycles. The molecule has 1 N–H and O–H groups in total. The van der Waals surface area contributed by atoms with Crippen LogP contribution in [0.5, 0.6) is 5.75 Å². The Morgan fingerprint density at radius 2 is 1.96 bits per heavy atom. The lowest BCUT2D eigenvalue weighted by atomic mass is 10.2. The van der Waals surface area contributed by atoms with Crippen LogP contribution >= 0.6 is 11.6 Å². The molecule has 1 amide bonds. The SMILES string of the molecule is COc1cccc(C(=O)N/N=C/c2c(C)nn(-c3ccc(C)cc3)c2Cl)c1. The quantitative estimate of drug-likeness (QED) is 0.537. The highest BCUT2D eigenvalue weighted by atomic mass is 35.5. The number of aromatic nitrogens is 2. The standard InChI is InChI=1S/C20H19ClN4O2/c1-13-7-9-16(10-8-13)25-19(21)18(14(2)24-25)12-22-23-20(26)15-5-4-6-17(11-15)27-3/h4-12H,1-3H3,(H,23,26)/b22-12+. The molecule has 1 aromatic heterocycles. The van der Waals surface area contributed by atoms with E-state index in [1.54, 1.807) is 36.1 Å². The predicted octanol–water partition coefficient (Wildman–Crippen LogP) is 3.92. The van der Waals surface area contributed by atoms with Crippen LogP contribution < -0.4 is 10.2 Å². The van der Waals surface area contributed by atoms with Crippen molar-refractivity contribution in [2.45, 2.75) is 13.8 Å². The zero-order valence-corrected chi connectivity index (χ0v) is 16.0. The van der Waals surface area contributed by atoms with E-state index in [0.717, 1.165) is 11.3 Å². The third-order valence-corrected chi connectivity index (χ3v) is 4.38. The van der Waals surface area contributed by atoms with E-state index < -0.39 is 0 Å². The number of amides is 1. The van der Waals surface area contributed by atoms with Gasteiger partial charge >= 0.3 is 0 Å². The van der Waals surface area contributed by atoms with Crippen molar-refractivity contribution in [3.8, 4) is 11.4 Å². The van der Waals surface area contributed by atoms with Gasteiger partial charge in [0.1, 0.15) is 10.9 Å². The minimum absolute atomic E-state index is 0.343. The lowest BCUT2D eigenvalue weighted by Crippen LogP contribution is -2.17. The van der Waals surface area contributed by atoms with Crippen molar-refractivity contribution < 1.29 is 9.53 Å². The van der Waals surface area contributed by atoms with Crippen LogP contribution in [0.3, 0.4) is 0 Å². The summed E-state index contributed by atoms with van der Waals surface area (Å²) in [6, 6.07) is 14.7. The van der Waals surface area contributed by atoms with Gasteiger partial charge in [0, 0.05) is 5.56 Å². The van der Waals surface area contributed by atoms with Crippen molar-refractivity contribution >= 4 is 23.7 Å². The topological polar surface area (TPSA) is 68.5 Å². The molecule has 2 aromatic carbocycles. The Bertz CT molecular complexity index is 994. The van der Waals surface area contributed by atoms with Crippen molar-refractivity contribution in [3.63, 3.8) is 0 Å². The van der Waals surface area contributed by atoms with Crippen LogP contribution in [-0.4, -0.2) is 29.0 Å². The second-order valence-corrected chi connectivity index (χ2v) is 6.33. The lowest BCUT2D eigenvalue weighted by molar-refractivity contribution is 0.0955. The minimum atomic E-state index is -0.343. The highest BCUT2D eigenvalue weighted by Gasteiger charge is 2.13. The number of aryl methyl sites for hydroxylation is 2. The van der Waals surface area contributed by atoms with E-state index >= 15 is 0 Å². The van der Waals surface area contributed by atoms with Gasteiger partial charge < -0.3 is 4.74 Å². The summed E-state index contributed by atoms with van der Waals surface area (Å²) in [7, 11) is 1.55. The molecule has 0 radical (unpaired) electrons. The van der Waals surface area contributed by atoms with Crippen LogP contribution in [0.2, 0.25) is 5.15 Å². The number of hydrogen-bond donors (Lipinski definition) is 1. The molecule has 0 saturated heterocycles. The average Bonchev–Trinajstić information content (AvgIpc) is 2.96. The molecule has 3 aromatic rings. The van der Waals surface area contributed by atoms with Gasteiger partial charge in [-0.2, -0.15) is 10.2 Å². The largest absolute Gasteiger partial charge is 0.497 e. The Hall–Kier alpha value is -3.12. The van der Waals surface area contributed by atoms with Gasteiger partial charge in [0.2, 0.25) is 0 Å². The Morgan fingerprint density at radius 3 is 2.67 bits per heavy atom. The van der Waals surface area contributed by atoms with Crippen LogP contribution in [0.4, 0.5) is 0 Å². The van der Waals surface area contributed by atoms with Gasteiger partial charge in [0.25, 0.3) is 5.91 Å². The zero-order chi connectivity index (χ0) is 19.4. The van der Waals surface area contributed by atoms with Crippen molar-refractivity contribution in [2.75, 3.05) is 7.11 Å². The zero-order valence-electron chi connectivity index (χ0n) is 15.2. The van der Waals surface area contributed by atoms with Crippen LogP contribution in [0.15, 0.2) is 53.6 Å². The molecular formula is C20H19ClN4O2. The average molecular weight is 383 g/mol. The summed E-state index contributed by atoms with van der Waals surface area (Å²) in [5, 5.41) is 8.89. The van der Waals surface area contributed by atoms with Crippen LogP contribution in [0, 0.1) is 13.8 Å². The summed E-state index contributed by atoms with van der Waals surface area (Å²) in [5.74, 6) is 0.259. The number of nitrogens with zero attached hydrogens (tertiary/aromatic N) is 3. The highest BCUT2D eigenvalue weighted by Crippen LogP contribution is 2.22. The summed E-state index contributed by atoms with van der Waals surface area (Å²) in [6.45, 7) is 3.85. The van der Waals surface area contributed by atoms with Gasteiger partial charge in [0.05, 0.1) is 30.3 Å². The number of carbonyl (C=O) groups excluding carboxylic acids is 1. The molecule has 0 aliphatic carbocycles. The molecule has 0 fully saturated rings.